The van der Waals surface area contributed by atoms with Crippen LogP contribution in [-0.4, -0.2) is 24.2 Å². The molecule has 15 heavy (non-hydrogen) atoms. The predicted molar refractivity (Wildman–Crippen MR) is 61.4 cm³/mol. The van der Waals surface area contributed by atoms with Crippen LogP contribution in [0.2, 0.25) is 5.15 Å². The second kappa shape index (κ2) is 4.81. The molecule has 1 aromatic heterocycles. The molecule has 1 aliphatic rings. The maximum absolute atomic E-state index is 5.97. The third-order valence-corrected chi connectivity index (χ3v) is 2.82. The van der Waals surface area contributed by atoms with Crippen molar-refractivity contribution >= 4 is 17.3 Å². The highest BCUT2D eigenvalue weighted by atomic mass is 35.5. The smallest absolute Gasteiger partial charge is 0.152 e. The van der Waals surface area contributed by atoms with Crippen molar-refractivity contribution in [1.29, 1.82) is 0 Å². The van der Waals surface area contributed by atoms with E-state index in [1.807, 2.05) is 13.0 Å². The second-order valence-electron chi connectivity index (χ2n) is 3.87. The van der Waals surface area contributed by atoms with E-state index in [4.69, 9.17) is 16.3 Å². The summed E-state index contributed by atoms with van der Waals surface area (Å²) in [6.45, 7) is 3.69. The molecular formula is C11H15ClN2O. The van der Waals surface area contributed by atoms with Crippen molar-refractivity contribution in [1.82, 2.24) is 4.98 Å². The number of halogens is 1. The van der Waals surface area contributed by atoms with Gasteiger partial charge in [0.05, 0.1) is 11.8 Å². The van der Waals surface area contributed by atoms with E-state index in [0.717, 1.165) is 37.2 Å². The highest BCUT2D eigenvalue weighted by Gasteiger charge is 2.15. The van der Waals surface area contributed by atoms with Crippen LogP contribution in [0, 0.1) is 6.92 Å². The van der Waals surface area contributed by atoms with Gasteiger partial charge in [0.25, 0.3) is 0 Å². The molecule has 0 radical (unpaired) electrons. The van der Waals surface area contributed by atoms with E-state index < -0.39 is 0 Å². The second-order valence-corrected chi connectivity index (χ2v) is 4.22. The summed E-state index contributed by atoms with van der Waals surface area (Å²) in [4.78, 5) is 4.09. The van der Waals surface area contributed by atoms with Crippen molar-refractivity contribution in [3.63, 3.8) is 0 Å². The van der Waals surface area contributed by atoms with Gasteiger partial charge in [-0.05, 0) is 31.4 Å². The van der Waals surface area contributed by atoms with Crippen LogP contribution in [0.3, 0.4) is 0 Å². The average Bonchev–Trinajstić information content (AvgIpc) is 2.72. The first-order valence-corrected chi connectivity index (χ1v) is 5.61. The number of hydrogen-bond donors (Lipinski definition) is 1. The molecule has 0 amide bonds. The minimum absolute atomic E-state index is 0.321. The average molecular weight is 227 g/mol. The summed E-state index contributed by atoms with van der Waals surface area (Å²) in [5.41, 5.74) is 2.00. The number of rotatable bonds is 3. The number of nitrogens with one attached hydrogen (secondary N) is 1. The number of ether oxygens (including phenoxy) is 1. The molecule has 4 heteroatoms. The van der Waals surface area contributed by atoms with Gasteiger partial charge in [0, 0.05) is 19.3 Å². The van der Waals surface area contributed by atoms with Gasteiger partial charge >= 0.3 is 0 Å². The number of aromatic nitrogens is 1. The SMILES string of the molecule is Cc1cnc(Cl)c(NCC2CCCO2)c1. The first kappa shape index (κ1) is 10.7. The quantitative estimate of drug-likeness (QED) is 0.805. The summed E-state index contributed by atoms with van der Waals surface area (Å²) >= 11 is 5.97. The van der Waals surface area contributed by atoms with Crippen LogP contribution in [0.1, 0.15) is 18.4 Å². The number of anilines is 1. The summed E-state index contributed by atoms with van der Waals surface area (Å²) in [6, 6.07) is 2.00. The summed E-state index contributed by atoms with van der Waals surface area (Å²) in [6.07, 6.45) is 4.37. The van der Waals surface area contributed by atoms with Gasteiger partial charge in [-0.15, -0.1) is 0 Å². The zero-order valence-electron chi connectivity index (χ0n) is 8.79. The topological polar surface area (TPSA) is 34.2 Å². The highest BCUT2D eigenvalue weighted by molar-refractivity contribution is 6.31. The van der Waals surface area contributed by atoms with Crippen LogP contribution < -0.4 is 5.32 Å². The molecule has 1 fully saturated rings. The number of pyridine rings is 1. The first-order valence-electron chi connectivity index (χ1n) is 5.23. The lowest BCUT2D eigenvalue weighted by Gasteiger charge is -2.12. The molecule has 0 aromatic carbocycles. The summed E-state index contributed by atoms with van der Waals surface area (Å²) < 4.78 is 5.52. The fraction of sp³-hybridized carbons (Fsp3) is 0.545. The maximum Gasteiger partial charge on any atom is 0.152 e. The van der Waals surface area contributed by atoms with Crippen molar-refractivity contribution < 1.29 is 4.74 Å². The van der Waals surface area contributed by atoms with Gasteiger partial charge in [0.2, 0.25) is 0 Å². The fourth-order valence-corrected chi connectivity index (χ4v) is 1.88. The van der Waals surface area contributed by atoms with Gasteiger partial charge in [0.15, 0.2) is 5.15 Å². The molecule has 1 aliphatic heterocycles. The predicted octanol–water partition coefficient (Wildman–Crippen LogP) is 2.63. The number of hydrogen-bond acceptors (Lipinski definition) is 3. The van der Waals surface area contributed by atoms with E-state index >= 15 is 0 Å². The molecule has 2 heterocycles. The highest BCUT2D eigenvalue weighted by Crippen LogP contribution is 2.21. The molecule has 1 N–H and O–H groups in total. The minimum Gasteiger partial charge on any atom is -0.380 e. The van der Waals surface area contributed by atoms with Crippen LogP contribution in [0.4, 0.5) is 5.69 Å². The largest absolute Gasteiger partial charge is 0.380 e. The van der Waals surface area contributed by atoms with Crippen molar-refractivity contribution in [2.75, 3.05) is 18.5 Å². The molecule has 82 valence electrons. The van der Waals surface area contributed by atoms with Crippen LogP contribution >= 0.6 is 11.6 Å². The Morgan fingerprint density at radius 2 is 2.53 bits per heavy atom. The van der Waals surface area contributed by atoms with Crippen molar-refractivity contribution in [2.45, 2.75) is 25.9 Å². The van der Waals surface area contributed by atoms with E-state index in [-0.39, 0.29) is 0 Å². The summed E-state index contributed by atoms with van der Waals surface area (Å²) in [5, 5.41) is 3.80. The van der Waals surface area contributed by atoms with Gasteiger partial charge in [-0.1, -0.05) is 11.6 Å². The van der Waals surface area contributed by atoms with Crippen LogP contribution in [0.5, 0.6) is 0 Å². The lowest BCUT2D eigenvalue weighted by Crippen LogP contribution is -2.18. The maximum atomic E-state index is 5.97. The molecule has 0 aliphatic carbocycles. The normalized spacial score (nSPS) is 20.5. The van der Waals surface area contributed by atoms with Gasteiger partial charge in [-0.2, -0.15) is 0 Å². The lowest BCUT2D eigenvalue weighted by molar-refractivity contribution is 0.120. The van der Waals surface area contributed by atoms with Crippen molar-refractivity contribution in [2.24, 2.45) is 0 Å². The van der Waals surface area contributed by atoms with Crippen LogP contribution in [0.25, 0.3) is 0 Å². The van der Waals surface area contributed by atoms with Crippen LogP contribution in [-0.2, 0) is 4.74 Å². The van der Waals surface area contributed by atoms with E-state index in [9.17, 15) is 0 Å². The molecule has 2 rings (SSSR count). The van der Waals surface area contributed by atoms with Gasteiger partial charge < -0.3 is 10.1 Å². The van der Waals surface area contributed by atoms with Crippen LogP contribution in [0.15, 0.2) is 12.3 Å². The van der Waals surface area contributed by atoms with Gasteiger partial charge in [0.1, 0.15) is 0 Å². The van der Waals surface area contributed by atoms with E-state index in [1.165, 1.54) is 0 Å². The molecule has 3 nitrogen and oxygen atoms in total. The van der Waals surface area contributed by atoms with Crippen molar-refractivity contribution in [3.8, 4) is 0 Å². The standard InChI is InChI=1S/C11H15ClN2O/c1-8-5-10(11(12)14-6-8)13-7-9-3-2-4-15-9/h5-6,9,13H,2-4,7H2,1H3. The Morgan fingerprint density at radius 1 is 1.67 bits per heavy atom. The molecule has 1 atom stereocenters. The Bertz CT molecular complexity index is 337. The monoisotopic (exact) mass is 226 g/mol. The van der Waals surface area contributed by atoms with E-state index in [2.05, 4.69) is 10.3 Å². The zero-order valence-corrected chi connectivity index (χ0v) is 9.55. The Labute approximate surface area is 94.8 Å². The lowest BCUT2D eigenvalue weighted by atomic mass is 10.2. The zero-order chi connectivity index (χ0) is 10.7. The number of nitrogens with zero attached hydrogens (tertiary/aromatic N) is 1. The molecule has 1 unspecified atom stereocenters. The third-order valence-electron chi connectivity index (χ3n) is 2.52. The molecule has 1 aromatic rings. The Hall–Kier alpha value is -0.800. The van der Waals surface area contributed by atoms with E-state index in [0.29, 0.717) is 11.3 Å². The summed E-state index contributed by atoms with van der Waals surface area (Å²) in [5.74, 6) is 0. The molecule has 0 spiro atoms. The molecule has 1 saturated heterocycles. The fourth-order valence-electron chi connectivity index (χ4n) is 1.71. The first-order chi connectivity index (χ1) is 7.25. The number of aryl methyl sites for hydroxylation is 1. The molecule has 0 saturated carbocycles. The Balaban J connectivity index is 1.94. The Morgan fingerprint density at radius 3 is 3.27 bits per heavy atom. The van der Waals surface area contributed by atoms with Gasteiger partial charge in [-0.25, -0.2) is 4.98 Å². The summed E-state index contributed by atoms with van der Waals surface area (Å²) in [7, 11) is 0. The minimum atomic E-state index is 0.321. The third kappa shape index (κ3) is 2.83. The van der Waals surface area contributed by atoms with E-state index in [1.54, 1.807) is 6.20 Å². The Kier molecular flexibility index (Phi) is 3.44. The van der Waals surface area contributed by atoms with Crippen molar-refractivity contribution in [3.05, 3.63) is 23.0 Å². The molecule has 0 bridgehead atoms. The molecular weight excluding hydrogens is 212 g/mol. The van der Waals surface area contributed by atoms with Gasteiger partial charge in [-0.3, -0.25) is 0 Å².